The molecule has 0 radical (unpaired) electrons. The van der Waals surface area contributed by atoms with Crippen LogP contribution >= 0.6 is 0 Å². The first-order valence-corrected chi connectivity index (χ1v) is 6.67. The Labute approximate surface area is 104 Å². The molecule has 2 aliphatic rings. The van der Waals surface area contributed by atoms with Crippen LogP contribution in [0.2, 0.25) is 0 Å². The number of nitrogens with zero attached hydrogens (tertiary/aromatic N) is 1. The minimum Gasteiger partial charge on any atom is -0.372 e. The average molecular weight is 233 g/mol. The van der Waals surface area contributed by atoms with E-state index in [1.807, 2.05) is 0 Å². The van der Waals surface area contributed by atoms with E-state index in [9.17, 15) is 0 Å². The highest BCUT2D eigenvalue weighted by Gasteiger charge is 2.15. The maximum Gasteiger partial charge on any atom is 0.107 e. The molecule has 3 heteroatoms. The van der Waals surface area contributed by atoms with Gasteiger partial charge in [0.1, 0.15) is 6.67 Å². The summed E-state index contributed by atoms with van der Waals surface area (Å²) in [6.07, 6.45) is 11.5. The smallest absolute Gasteiger partial charge is 0.107 e. The van der Waals surface area contributed by atoms with E-state index in [2.05, 4.69) is 40.9 Å². The molecule has 0 spiro atoms. The Balaban J connectivity index is 2.01. The Kier molecular flexibility index (Phi) is 4.80. The average Bonchev–Trinajstić information content (AvgIpc) is 2.55. The van der Waals surface area contributed by atoms with E-state index in [4.69, 9.17) is 0 Å². The number of allylic oxidation sites excluding steroid dienone is 3. The predicted molar refractivity (Wildman–Crippen MR) is 73.2 cm³/mol. The summed E-state index contributed by atoms with van der Waals surface area (Å²) in [5.74, 6) is 0.737. The second-order valence-corrected chi connectivity index (χ2v) is 4.87. The predicted octanol–water partition coefficient (Wildman–Crippen LogP) is 2.23. The molecule has 0 aliphatic carbocycles. The van der Waals surface area contributed by atoms with Gasteiger partial charge in [0, 0.05) is 5.71 Å². The Morgan fingerprint density at radius 3 is 3.18 bits per heavy atom. The summed E-state index contributed by atoms with van der Waals surface area (Å²) in [4.78, 5) is 4.40. The number of hydrogen-bond acceptors (Lipinski definition) is 3. The third kappa shape index (κ3) is 4.00. The molecule has 3 nitrogen and oxygen atoms in total. The van der Waals surface area contributed by atoms with Gasteiger partial charge >= 0.3 is 0 Å². The maximum absolute atomic E-state index is 4.40. The fourth-order valence-corrected chi connectivity index (χ4v) is 2.50. The second-order valence-electron chi connectivity index (χ2n) is 4.87. The van der Waals surface area contributed by atoms with Gasteiger partial charge < -0.3 is 10.6 Å². The lowest BCUT2D eigenvalue weighted by Crippen LogP contribution is -2.15. The Hall–Kier alpha value is -1.09. The zero-order valence-corrected chi connectivity index (χ0v) is 10.7. The van der Waals surface area contributed by atoms with Crippen molar-refractivity contribution < 1.29 is 0 Å². The van der Waals surface area contributed by atoms with Crippen LogP contribution in [0.4, 0.5) is 0 Å². The highest BCUT2D eigenvalue weighted by Crippen LogP contribution is 2.25. The molecule has 1 fully saturated rings. The van der Waals surface area contributed by atoms with Crippen molar-refractivity contribution >= 4 is 5.71 Å². The molecule has 1 saturated heterocycles. The molecule has 2 heterocycles. The fourth-order valence-electron chi connectivity index (χ4n) is 2.50. The molecular weight excluding hydrogens is 210 g/mol. The third-order valence-corrected chi connectivity index (χ3v) is 3.52. The van der Waals surface area contributed by atoms with Crippen molar-refractivity contribution in [3.63, 3.8) is 0 Å². The molecule has 17 heavy (non-hydrogen) atoms. The summed E-state index contributed by atoms with van der Waals surface area (Å²) in [6.45, 7) is 5.08. The SMILES string of the molecule is CC1=N/CN/C=C(/C2CCCNCC2)C/C=C\1. The van der Waals surface area contributed by atoms with Gasteiger partial charge in [0.25, 0.3) is 0 Å². The Bertz CT molecular complexity index is 320. The van der Waals surface area contributed by atoms with Crippen LogP contribution in [0.3, 0.4) is 0 Å². The molecule has 0 aromatic heterocycles. The van der Waals surface area contributed by atoms with Crippen LogP contribution in [-0.2, 0) is 0 Å². The van der Waals surface area contributed by atoms with Crippen molar-refractivity contribution in [3.8, 4) is 0 Å². The number of hydrogen-bond donors (Lipinski definition) is 2. The van der Waals surface area contributed by atoms with E-state index < -0.39 is 0 Å². The van der Waals surface area contributed by atoms with Crippen LogP contribution < -0.4 is 10.6 Å². The van der Waals surface area contributed by atoms with E-state index >= 15 is 0 Å². The van der Waals surface area contributed by atoms with Gasteiger partial charge in [0.05, 0.1) is 0 Å². The number of aliphatic imine (C=N–C) groups is 1. The lowest BCUT2D eigenvalue weighted by atomic mass is 9.90. The first-order valence-electron chi connectivity index (χ1n) is 6.67. The zero-order valence-electron chi connectivity index (χ0n) is 10.7. The Morgan fingerprint density at radius 2 is 2.24 bits per heavy atom. The quantitative estimate of drug-likeness (QED) is 0.728. The molecule has 2 N–H and O–H groups in total. The molecule has 0 amide bonds. The minimum atomic E-state index is 0.699. The van der Waals surface area contributed by atoms with Gasteiger partial charge in [-0.1, -0.05) is 6.08 Å². The lowest BCUT2D eigenvalue weighted by molar-refractivity contribution is 0.532. The van der Waals surface area contributed by atoms with Crippen molar-refractivity contribution in [1.82, 2.24) is 10.6 Å². The zero-order chi connectivity index (χ0) is 11.9. The summed E-state index contributed by atoms with van der Waals surface area (Å²) in [6, 6.07) is 0. The summed E-state index contributed by atoms with van der Waals surface area (Å²) in [7, 11) is 0. The maximum atomic E-state index is 4.40. The van der Waals surface area contributed by atoms with Crippen LogP contribution in [0.1, 0.15) is 32.6 Å². The van der Waals surface area contributed by atoms with Crippen molar-refractivity contribution in [2.24, 2.45) is 10.9 Å². The van der Waals surface area contributed by atoms with E-state index in [-0.39, 0.29) is 0 Å². The van der Waals surface area contributed by atoms with E-state index in [1.54, 1.807) is 0 Å². The first kappa shape index (κ1) is 12.4. The first-order chi connectivity index (χ1) is 8.36. The molecule has 0 saturated carbocycles. The normalized spacial score (nSPS) is 34.8. The van der Waals surface area contributed by atoms with Gasteiger partial charge in [-0.3, -0.25) is 4.99 Å². The van der Waals surface area contributed by atoms with Crippen LogP contribution in [0.25, 0.3) is 0 Å². The molecule has 1 atom stereocenters. The molecule has 94 valence electrons. The van der Waals surface area contributed by atoms with E-state index in [1.165, 1.54) is 31.4 Å². The minimum absolute atomic E-state index is 0.699. The van der Waals surface area contributed by atoms with Crippen molar-refractivity contribution in [2.45, 2.75) is 32.6 Å². The summed E-state index contributed by atoms with van der Waals surface area (Å²) in [5, 5.41) is 6.79. The van der Waals surface area contributed by atoms with Crippen molar-refractivity contribution in [3.05, 3.63) is 23.9 Å². The van der Waals surface area contributed by atoms with Gasteiger partial charge in [-0.2, -0.15) is 0 Å². The fraction of sp³-hybridized carbons (Fsp3) is 0.643. The van der Waals surface area contributed by atoms with Gasteiger partial charge in [0.2, 0.25) is 0 Å². The van der Waals surface area contributed by atoms with Gasteiger partial charge in [0.15, 0.2) is 0 Å². The molecule has 0 aromatic rings. The molecule has 0 bridgehead atoms. The summed E-state index contributed by atoms with van der Waals surface area (Å²) in [5.41, 5.74) is 2.64. The molecule has 0 aromatic carbocycles. The topological polar surface area (TPSA) is 36.4 Å². The van der Waals surface area contributed by atoms with Crippen LogP contribution in [-0.4, -0.2) is 25.5 Å². The van der Waals surface area contributed by atoms with Gasteiger partial charge in [-0.15, -0.1) is 0 Å². The molecule has 2 rings (SSSR count). The van der Waals surface area contributed by atoms with Crippen LogP contribution in [0.5, 0.6) is 0 Å². The number of rotatable bonds is 1. The van der Waals surface area contributed by atoms with Crippen LogP contribution in [0, 0.1) is 5.92 Å². The van der Waals surface area contributed by atoms with Crippen molar-refractivity contribution in [1.29, 1.82) is 0 Å². The second kappa shape index (κ2) is 6.60. The monoisotopic (exact) mass is 233 g/mol. The van der Waals surface area contributed by atoms with Gasteiger partial charge in [-0.25, -0.2) is 0 Å². The third-order valence-electron chi connectivity index (χ3n) is 3.52. The highest BCUT2D eigenvalue weighted by atomic mass is 15.0. The van der Waals surface area contributed by atoms with Crippen LogP contribution in [0.15, 0.2) is 28.9 Å². The number of nitrogens with one attached hydrogen (secondary N) is 2. The lowest BCUT2D eigenvalue weighted by Gasteiger charge is -2.17. The van der Waals surface area contributed by atoms with Gasteiger partial charge in [-0.05, 0) is 69.5 Å². The highest BCUT2D eigenvalue weighted by molar-refractivity contribution is 5.92. The molecular formula is C14H23N3. The van der Waals surface area contributed by atoms with E-state index in [0.29, 0.717) is 6.67 Å². The van der Waals surface area contributed by atoms with E-state index in [0.717, 1.165) is 24.6 Å². The largest absolute Gasteiger partial charge is 0.372 e. The molecule has 1 unspecified atom stereocenters. The summed E-state index contributed by atoms with van der Waals surface area (Å²) < 4.78 is 0. The van der Waals surface area contributed by atoms with Crippen molar-refractivity contribution in [2.75, 3.05) is 19.8 Å². The molecule has 2 aliphatic heterocycles. The standard InChI is InChI=1S/C14H23N3/c1-12-4-2-5-14(10-16-11-17-12)13-6-3-8-15-9-7-13/h2,4,10,13,15-16H,3,5-9,11H2,1H3/b4-2-,14-10+,17-12-. The Morgan fingerprint density at radius 1 is 1.29 bits per heavy atom. The summed E-state index contributed by atoms with van der Waals surface area (Å²) >= 11 is 0.